The molecule has 2 aromatic heterocycles. The van der Waals surface area contributed by atoms with Gasteiger partial charge in [0.25, 0.3) is 5.91 Å². The predicted molar refractivity (Wildman–Crippen MR) is 207 cm³/mol. The summed E-state index contributed by atoms with van der Waals surface area (Å²) in [5.41, 5.74) is 5.38. The Morgan fingerprint density at radius 1 is 0.981 bits per heavy atom. The third-order valence-corrected chi connectivity index (χ3v) is 10.5. The number of amides is 3. The van der Waals surface area contributed by atoms with Gasteiger partial charge in [-0.2, -0.15) is 0 Å². The number of carbonyl (C=O) groups is 3. The highest BCUT2D eigenvalue weighted by atomic mass is 16.5. The van der Waals surface area contributed by atoms with Gasteiger partial charge in [0.15, 0.2) is 0 Å². The Morgan fingerprint density at radius 2 is 1.66 bits per heavy atom. The smallest absolute Gasteiger partial charge is 0.407 e. The lowest BCUT2D eigenvalue weighted by Crippen LogP contribution is -2.51. The Hall–Kier alpha value is -5.23. The lowest BCUT2D eigenvalue weighted by molar-refractivity contribution is -0.135. The molecule has 4 atom stereocenters. The highest BCUT2D eigenvalue weighted by Crippen LogP contribution is 2.51. The van der Waals surface area contributed by atoms with E-state index in [0.717, 1.165) is 66.0 Å². The summed E-state index contributed by atoms with van der Waals surface area (Å²) in [4.78, 5) is 53.0. The number of hydrogen-bond donors (Lipinski definition) is 5. The summed E-state index contributed by atoms with van der Waals surface area (Å²) in [5.74, 6) is 2.10. The van der Waals surface area contributed by atoms with Crippen molar-refractivity contribution in [2.24, 2.45) is 23.2 Å². The second kappa shape index (κ2) is 16.2. The van der Waals surface area contributed by atoms with Crippen LogP contribution in [0.3, 0.4) is 0 Å². The number of likely N-dealkylation sites (tertiary alicyclic amines) is 1. The van der Waals surface area contributed by atoms with Gasteiger partial charge < -0.3 is 35.9 Å². The molecule has 6 rings (SSSR count). The van der Waals surface area contributed by atoms with E-state index >= 15 is 0 Å². The number of aromatic amines is 1. The van der Waals surface area contributed by atoms with E-state index in [1.807, 2.05) is 85.6 Å². The fraction of sp³-hybridized carbons (Fsp3) is 0.439. The van der Waals surface area contributed by atoms with Gasteiger partial charge in [0.1, 0.15) is 17.7 Å². The van der Waals surface area contributed by atoms with Gasteiger partial charge in [0, 0.05) is 37.0 Å². The lowest BCUT2D eigenvalue weighted by atomic mass is 10.0. The zero-order valence-electron chi connectivity index (χ0n) is 31.5. The molecule has 2 fully saturated rings. The van der Waals surface area contributed by atoms with Gasteiger partial charge in [-0.3, -0.25) is 9.59 Å². The molecule has 1 saturated heterocycles. The van der Waals surface area contributed by atoms with Crippen molar-refractivity contribution in [3.8, 4) is 22.4 Å². The topological polar surface area (TPSA) is 153 Å². The number of benzene rings is 2. The molecule has 1 saturated carbocycles. The molecule has 5 N–H and O–H groups in total. The number of nitrogens with zero attached hydrogens (tertiary/aromatic N) is 3. The van der Waals surface area contributed by atoms with Crippen LogP contribution in [-0.2, 0) is 9.53 Å². The van der Waals surface area contributed by atoms with E-state index in [0.29, 0.717) is 23.2 Å². The van der Waals surface area contributed by atoms with Crippen molar-refractivity contribution >= 4 is 29.4 Å². The molecular formula is C41H52N8O4. The Balaban J connectivity index is 1.02. The van der Waals surface area contributed by atoms with Crippen LogP contribution in [-0.4, -0.2) is 77.1 Å². The molecule has 2 aliphatic rings. The summed E-state index contributed by atoms with van der Waals surface area (Å²) >= 11 is 0. The summed E-state index contributed by atoms with van der Waals surface area (Å²) in [6.45, 7) is 13.8. The quantitative estimate of drug-likeness (QED) is 0.0900. The number of hydrogen-bond acceptors (Lipinski definition) is 8. The Bertz CT molecular complexity index is 1870. The van der Waals surface area contributed by atoms with E-state index in [1.54, 1.807) is 6.20 Å². The second-order valence-corrected chi connectivity index (χ2v) is 15.4. The number of methoxy groups -OCH3 is 1. The number of ether oxygens (including phenoxy) is 1. The first-order valence-corrected chi connectivity index (χ1v) is 18.5. The monoisotopic (exact) mass is 720 g/mol. The van der Waals surface area contributed by atoms with Crippen molar-refractivity contribution in [2.75, 3.05) is 43.9 Å². The Kier molecular flexibility index (Phi) is 11.5. The van der Waals surface area contributed by atoms with Gasteiger partial charge in [0.05, 0.1) is 30.7 Å². The van der Waals surface area contributed by atoms with Crippen LogP contribution in [0, 0.1) is 23.2 Å². The minimum atomic E-state index is -0.694. The summed E-state index contributed by atoms with van der Waals surface area (Å²) in [5, 5.41) is 12.5. The molecule has 280 valence electrons. The molecule has 0 spiro atoms. The molecule has 4 aromatic rings. The molecule has 1 aliphatic carbocycles. The average molecular weight is 721 g/mol. The molecule has 3 heterocycles. The van der Waals surface area contributed by atoms with Crippen LogP contribution >= 0.6 is 0 Å². The van der Waals surface area contributed by atoms with E-state index in [4.69, 9.17) is 9.72 Å². The fourth-order valence-corrected chi connectivity index (χ4v) is 6.99. The number of pyridine rings is 1. The minimum absolute atomic E-state index is 0.108. The van der Waals surface area contributed by atoms with Crippen molar-refractivity contribution < 1.29 is 19.1 Å². The first-order chi connectivity index (χ1) is 25.4. The second-order valence-electron chi connectivity index (χ2n) is 15.4. The highest BCUT2D eigenvalue weighted by molar-refractivity contribution is 6.04. The van der Waals surface area contributed by atoms with Crippen molar-refractivity contribution in [3.05, 3.63) is 84.4 Å². The van der Waals surface area contributed by atoms with Gasteiger partial charge in [0.2, 0.25) is 5.91 Å². The molecule has 0 unspecified atom stereocenters. The average Bonchev–Trinajstić information content (AvgIpc) is 3.46. The zero-order valence-corrected chi connectivity index (χ0v) is 31.5. The fourth-order valence-electron chi connectivity index (χ4n) is 6.99. The maximum Gasteiger partial charge on any atom is 0.407 e. The Morgan fingerprint density at radius 3 is 2.28 bits per heavy atom. The van der Waals surface area contributed by atoms with Crippen LogP contribution in [0.1, 0.15) is 69.7 Å². The molecule has 0 bridgehead atoms. The molecule has 0 radical (unpaired) electrons. The van der Waals surface area contributed by atoms with Crippen LogP contribution in [0.2, 0.25) is 0 Å². The van der Waals surface area contributed by atoms with E-state index in [-0.39, 0.29) is 29.7 Å². The zero-order chi connectivity index (χ0) is 37.7. The van der Waals surface area contributed by atoms with Crippen LogP contribution in [0.5, 0.6) is 0 Å². The number of H-pyrrole nitrogens is 1. The summed E-state index contributed by atoms with van der Waals surface area (Å²) in [6.07, 6.45) is 4.97. The van der Waals surface area contributed by atoms with Gasteiger partial charge >= 0.3 is 6.09 Å². The molecule has 53 heavy (non-hydrogen) atoms. The van der Waals surface area contributed by atoms with E-state index in [2.05, 4.69) is 52.0 Å². The molecule has 1 aliphatic heterocycles. The number of anilines is 2. The van der Waals surface area contributed by atoms with E-state index in [1.165, 1.54) is 13.5 Å². The largest absolute Gasteiger partial charge is 0.453 e. The van der Waals surface area contributed by atoms with E-state index < -0.39 is 12.1 Å². The van der Waals surface area contributed by atoms with Crippen LogP contribution in [0.25, 0.3) is 22.4 Å². The molecule has 12 nitrogen and oxygen atoms in total. The van der Waals surface area contributed by atoms with Gasteiger partial charge in [-0.25, -0.2) is 14.8 Å². The predicted octanol–water partition coefficient (Wildman–Crippen LogP) is 6.73. The maximum absolute atomic E-state index is 13.6. The first-order valence-electron chi connectivity index (χ1n) is 18.5. The number of nitrogens with one attached hydrogen (secondary N) is 5. The SMILES string of the molecule is COC(=O)N[C@H](C(=O)N1C[C@@H](C)C[C@H]1c1nc(-c2ccc(-c3ccc(C(=O)Nc4ccc(NCCNC[C@H]5CC5(C)C)nc4)cc3)cc2)c[nH]1)C(C)C. The van der Waals surface area contributed by atoms with Crippen molar-refractivity contribution in [1.29, 1.82) is 0 Å². The van der Waals surface area contributed by atoms with Crippen LogP contribution in [0.4, 0.5) is 16.3 Å². The van der Waals surface area contributed by atoms with Crippen molar-refractivity contribution in [1.82, 2.24) is 30.5 Å². The number of imidazole rings is 1. The van der Waals surface area contributed by atoms with Crippen molar-refractivity contribution in [2.45, 2.75) is 59.5 Å². The minimum Gasteiger partial charge on any atom is -0.453 e. The van der Waals surface area contributed by atoms with Crippen LogP contribution in [0.15, 0.2) is 73.1 Å². The standard InChI is InChI=1S/C41H52N8O4/c1-25(2)36(48-40(52)53-6)39(51)49-24-26(3)19-34(49)37-45-23-33(47-37)29-11-7-27(8-12-29)28-9-13-30(14-10-28)38(50)46-32-15-16-35(44-22-32)43-18-17-42-21-31-20-41(31,4)5/h7-16,22-23,25-26,31,34,36,42H,17-21,24H2,1-6H3,(H,43,44)(H,45,47)(H,46,50)(H,48,52)/t26-,31+,34-,36-/m0/s1. The summed E-state index contributed by atoms with van der Waals surface area (Å²) in [7, 11) is 1.29. The third-order valence-electron chi connectivity index (χ3n) is 10.5. The maximum atomic E-state index is 13.6. The third kappa shape index (κ3) is 9.23. The molecule has 3 amide bonds. The van der Waals surface area contributed by atoms with Gasteiger partial charge in [-0.05, 0) is 77.9 Å². The first kappa shape index (κ1) is 37.5. The number of alkyl carbamates (subject to hydrolysis) is 1. The summed E-state index contributed by atoms with van der Waals surface area (Å²) in [6, 6.07) is 18.4. The molecule has 2 aromatic carbocycles. The number of rotatable bonds is 14. The van der Waals surface area contributed by atoms with E-state index in [9.17, 15) is 14.4 Å². The molecular weight excluding hydrogens is 669 g/mol. The summed E-state index contributed by atoms with van der Waals surface area (Å²) < 4.78 is 4.76. The lowest BCUT2D eigenvalue weighted by Gasteiger charge is -2.30. The van der Waals surface area contributed by atoms with Gasteiger partial charge in [-0.15, -0.1) is 0 Å². The highest BCUT2D eigenvalue weighted by Gasteiger charge is 2.44. The number of aromatic nitrogens is 3. The van der Waals surface area contributed by atoms with Gasteiger partial charge in [-0.1, -0.05) is 71.0 Å². The Labute approximate surface area is 311 Å². The van der Waals surface area contributed by atoms with Crippen molar-refractivity contribution in [3.63, 3.8) is 0 Å². The normalized spacial score (nSPS) is 19.5. The number of carbonyl (C=O) groups excluding carboxylic acids is 3. The van der Waals surface area contributed by atoms with Crippen LogP contribution < -0.4 is 21.3 Å². The molecule has 12 heteroatoms.